The van der Waals surface area contributed by atoms with Crippen LogP contribution in [0.2, 0.25) is 0 Å². The maximum Gasteiger partial charge on any atom is 0.123 e. The average Bonchev–Trinajstić information content (AvgIpc) is 2.84. The molecule has 0 amide bonds. The molecule has 0 spiro atoms. The van der Waals surface area contributed by atoms with Gasteiger partial charge in [0.05, 0.1) is 6.10 Å². The molecule has 1 N–H and O–H groups in total. The Balaban J connectivity index is 2.02. The van der Waals surface area contributed by atoms with E-state index in [4.69, 9.17) is 4.74 Å². The summed E-state index contributed by atoms with van der Waals surface area (Å²) in [6, 6.07) is 7.50. The summed E-state index contributed by atoms with van der Waals surface area (Å²) in [5.41, 5.74) is 1.15. The van der Waals surface area contributed by atoms with Crippen molar-refractivity contribution < 1.29 is 9.13 Å². The molecule has 1 fully saturated rings. The number of ether oxygens (including phenoxy) is 1. The molecule has 1 saturated carbocycles. The molecule has 0 saturated heterocycles. The maximum absolute atomic E-state index is 12.9. The van der Waals surface area contributed by atoms with Crippen LogP contribution >= 0.6 is 0 Å². The molecule has 2 nitrogen and oxygen atoms in total. The van der Waals surface area contributed by atoms with Gasteiger partial charge in [0.1, 0.15) is 5.82 Å². The fraction of sp³-hybridized carbons (Fsp3) is 0.600. The first kappa shape index (κ1) is 13.5. The van der Waals surface area contributed by atoms with E-state index in [9.17, 15) is 4.39 Å². The van der Waals surface area contributed by atoms with E-state index in [1.807, 2.05) is 12.1 Å². The van der Waals surface area contributed by atoms with Gasteiger partial charge in [0, 0.05) is 19.2 Å². The van der Waals surface area contributed by atoms with Crippen molar-refractivity contribution in [3.8, 4) is 0 Å². The molecule has 0 aromatic heterocycles. The minimum Gasteiger partial charge on any atom is -0.380 e. The molecule has 1 aromatic rings. The molecule has 1 aromatic carbocycles. The lowest BCUT2D eigenvalue weighted by Crippen LogP contribution is -2.39. The van der Waals surface area contributed by atoms with E-state index in [0.29, 0.717) is 12.1 Å². The van der Waals surface area contributed by atoms with Crippen LogP contribution in [0.4, 0.5) is 4.39 Å². The van der Waals surface area contributed by atoms with Gasteiger partial charge in [0.2, 0.25) is 0 Å². The lowest BCUT2D eigenvalue weighted by atomic mass is 10.0. The fourth-order valence-corrected chi connectivity index (χ4v) is 2.80. The van der Waals surface area contributed by atoms with Gasteiger partial charge in [0.15, 0.2) is 0 Å². The second-order valence-corrected chi connectivity index (χ2v) is 4.99. The summed E-state index contributed by atoms with van der Waals surface area (Å²) in [6.07, 6.45) is 4.83. The quantitative estimate of drug-likeness (QED) is 0.865. The molecular formula is C15H22FNO. The third kappa shape index (κ3) is 3.09. The highest BCUT2D eigenvalue weighted by Gasteiger charge is 2.28. The van der Waals surface area contributed by atoms with E-state index < -0.39 is 0 Å². The molecule has 18 heavy (non-hydrogen) atoms. The monoisotopic (exact) mass is 251 g/mol. The summed E-state index contributed by atoms with van der Waals surface area (Å²) in [5.74, 6) is -0.177. The summed E-state index contributed by atoms with van der Waals surface area (Å²) in [5, 5.41) is 3.65. The molecule has 3 heteroatoms. The highest BCUT2D eigenvalue weighted by atomic mass is 19.1. The van der Waals surface area contributed by atoms with Crippen LogP contribution < -0.4 is 5.32 Å². The Labute approximate surface area is 109 Å². The van der Waals surface area contributed by atoms with Gasteiger partial charge in [-0.1, -0.05) is 19.1 Å². The summed E-state index contributed by atoms with van der Waals surface area (Å²) in [6.45, 7) is 2.15. The van der Waals surface area contributed by atoms with Gasteiger partial charge in [-0.3, -0.25) is 0 Å². The van der Waals surface area contributed by atoms with E-state index in [1.165, 1.54) is 18.6 Å². The van der Waals surface area contributed by atoms with Crippen molar-refractivity contribution in [1.29, 1.82) is 0 Å². The number of hydrogen-bond donors (Lipinski definition) is 1. The van der Waals surface area contributed by atoms with Gasteiger partial charge >= 0.3 is 0 Å². The van der Waals surface area contributed by atoms with Crippen molar-refractivity contribution in [3.63, 3.8) is 0 Å². The number of nitrogens with one attached hydrogen (secondary N) is 1. The Kier molecular flexibility index (Phi) is 4.72. The smallest absolute Gasteiger partial charge is 0.123 e. The molecule has 0 radical (unpaired) electrons. The lowest BCUT2D eigenvalue weighted by molar-refractivity contribution is 0.0810. The van der Waals surface area contributed by atoms with Crippen LogP contribution in [-0.4, -0.2) is 19.3 Å². The predicted molar refractivity (Wildman–Crippen MR) is 71.0 cm³/mol. The molecule has 2 rings (SSSR count). The number of benzene rings is 1. The average molecular weight is 251 g/mol. The van der Waals surface area contributed by atoms with E-state index >= 15 is 0 Å². The van der Waals surface area contributed by atoms with Crippen molar-refractivity contribution in [2.75, 3.05) is 7.11 Å². The number of rotatable bonds is 5. The van der Waals surface area contributed by atoms with Gasteiger partial charge in [-0.15, -0.1) is 0 Å². The highest BCUT2D eigenvalue weighted by molar-refractivity contribution is 5.20. The lowest BCUT2D eigenvalue weighted by Gasteiger charge is -2.26. The van der Waals surface area contributed by atoms with Crippen molar-refractivity contribution in [3.05, 3.63) is 35.6 Å². The first-order chi connectivity index (χ1) is 8.74. The van der Waals surface area contributed by atoms with Crippen LogP contribution in [0.1, 0.15) is 44.2 Å². The third-order valence-corrected chi connectivity index (χ3v) is 3.85. The molecule has 1 aliphatic rings. The second-order valence-electron chi connectivity index (χ2n) is 4.99. The number of halogens is 1. The zero-order valence-corrected chi connectivity index (χ0v) is 11.2. The fourth-order valence-electron chi connectivity index (χ4n) is 2.80. The van der Waals surface area contributed by atoms with Crippen LogP contribution in [0.25, 0.3) is 0 Å². The second kappa shape index (κ2) is 6.30. The summed E-state index contributed by atoms with van der Waals surface area (Å²) < 4.78 is 18.4. The predicted octanol–water partition coefficient (Wildman–Crippen LogP) is 3.43. The standard InChI is InChI=1S/C15H22FNO/c1-3-13(11-7-9-12(16)10-8-11)17-14-5-4-6-15(14)18-2/h7-10,13-15,17H,3-6H2,1-2H3. The van der Waals surface area contributed by atoms with Gasteiger partial charge in [-0.05, 0) is 43.4 Å². The van der Waals surface area contributed by atoms with Crippen molar-refractivity contribution >= 4 is 0 Å². The number of methoxy groups -OCH3 is 1. The largest absolute Gasteiger partial charge is 0.380 e. The van der Waals surface area contributed by atoms with Crippen LogP contribution in [0, 0.1) is 5.82 Å². The van der Waals surface area contributed by atoms with Crippen molar-refractivity contribution in [2.45, 2.75) is 50.8 Å². The first-order valence-electron chi connectivity index (χ1n) is 6.79. The normalized spacial score (nSPS) is 25.3. The minimum absolute atomic E-state index is 0.177. The van der Waals surface area contributed by atoms with Crippen LogP contribution in [0.3, 0.4) is 0 Å². The Morgan fingerprint density at radius 1 is 1.33 bits per heavy atom. The van der Waals surface area contributed by atoms with Crippen molar-refractivity contribution in [1.82, 2.24) is 5.32 Å². The van der Waals surface area contributed by atoms with E-state index in [0.717, 1.165) is 24.8 Å². The summed E-state index contributed by atoms with van der Waals surface area (Å²) >= 11 is 0. The van der Waals surface area contributed by atoms with Gasteiger partial charge in [-0.25, -0.2) is 4.39 Å². The molecular weight excluding hydrogens is 229 g/mol. The van der Waals surface area contributed by atoms with Crippen molar-refractivity contribution in [2.24, 2.45) is 0 Å². The molecule has 1 aliphatic carbocycles. The van der Waals surface area contributed by atoms with Gasteiger partial charge in [0.25, 0.3) is 0 Å². The van der Waals surface area contributed by atoms with E-state index in [-0.39, 0.29) is 11.9 Å². The summed E-state index contributed by atoms with van der Waals surface area (Å²) in [7, 11) is 1.78. The molecule has 3 unspecified atom stereocenters. The zero-order valence-electron chi connectivity index (χ0n) is 11.2. The topological polar surface area (TPSA) is 21.3 Å². The molecule has 0 bridgehead atoms. The molecule has 100 valence electrons. The third-order valence-electron chi connectivity index (χ3n) is 3.85. The van der Waals surface area contributed by atoms with Crippen LogP contribution in [-0.2, 0) is 4.74 Å². The Bertz CT molecular complexity index is 365. The van der Waals surface area contributed by atoms with Gasteiger partial charge < -0.3 is 10.1 Å². The summed E-state index contributed by atoms with van der Waals surface area (Å²) in [4.78, 5) is 0. The van der Waals surface area contributed by atoms with Crippen LogP contribution in [0.15, 0.2) is 24.3 Å². The first-order valence-corrected chi connectivity index (χ1v) is 6.79. The SMILES string of the molecule is CCC(NC1CCCC1OC)c1ccc(F)cc1. The number of hydrogen-bond acceptors (Lipinski definition) is 2. The highest BCUT2D eigenvalue weighted by Crippen LogP contribution is 2.26. The molecule has 0 heterocycles. The Morgan fingerprint density at radius 3 is 2.67 bits per heavy atom. The van der Waals surface area contributed by atoms with E-state index in [2.05, 4.69) is 12.2 Å². The van der Waals surface area contributed by atoms with Gasteiger partial charge in [-0.2, -0.15) is 0 Å². The Hall–Kier alpha value is -0.930. The molecule has 3 atom stereocenters. The zero-order chi connectivity index (χ0) is 13.0. The van der Waals surface area contributed by atoms with Crippen LogP contribution in [0.5, 0.6) is 0 Å². The minimum atomic E-state index is -0.177. The Morgan fingerprint density at radius 2 is 2.06 bits per heavy atom. The van der Waals surface area contributed by atoms with E-state index in [1.54, 1.807) is 7.11 Å². The molecule has 0 aliphatic heterocycles. The maximum atomic E-state index is 12.9.